The van der Waals surface area contributed by atoms with E-state index in [-0.39, 0.29) is 18.6 Å². The molecule has 0 fully saturated rings. The summed E-state index contributed by atoms with van der Waals surface area (Å²) < 4.78 is 5.33. The number of aryl methyl sites for hydroxylation is 1. The van der Waals surface area contributed by atoms with E-state index in [4.69, 9.17) is 9.52 Å². The molecule has 0 radical (unpaired) electrons. The number of hydrogen-bond donors (Lipinski definition) is 1. The number of nitrogens with zero attached hydrogens (tertiary/aromatic N) is 2. The zero-order valence-corrected chi connectivity index (χ0v) is 13.3. The molecule has 2 aromatic heterocycles. The number of hydrogen-bond acceptors (Lipinski definition) is 5. The van der Waals surface area contributed by atoms with Crippen LogP contribution in [0.15, 0.2) is 22.8 Å². The Morgan fingerprint density at radius 3 is 2.86 bits per heavy atom. The van der Waals surface area contributed by atoms with E-state index < -0.39 is 0 Å². The summed E-state index contributed by atoms with van der Waals surface area (Å²) in [5.74, 6) is 0.582. The summed E-state index contributed by atoms with van der Waals surface area (Å²) in [7, 11) is 0. The van der Waals surface area contributed by atoms with E-state index in [2.05, 4.69) is 4.98 Å². The number of rotatable bonds is 6. The zero-order valence-electron chi connectivity index (χ0n) is 12.5. The highest BCUT2D eigenvalue weighted by Gasteiger charge is 2.24. The van der Waals surface area contributed by atoms with E-state index in [9.17, 15) is 4.79 Å². The van der Waals surface area contributed by atoms with Crippen LogP contribution in [0, 0.1) is 6.92 Å². The summed E-state index contributed by atoms with van der Waals surface area (Å²) in [4.78, 5) is 19.7. The quantitative estimate of drug-likeness (QED) is 0.891. The van der Waals surface area contributed by atoms with Gasteiger partial charge in [0.2, 0.25) is 0 Å². The molecule has 0 spiro atoms. The van der Waals surface area contributed by atoms with E-state index in [1.54, 1.807) is 17.2 Å². The second-order valence-corrected chi connectivity index (χ2v) is 6.27. The monoisotopic (exact) mass is 308 g/mol. The topological polar surface area (TPSA) is 66.6 Å². The van der Waals surface area contributed by atoms with Gasteiger partial charge in [-0.25, -0.2) is 4.98 Å². The van der Waals surface area contributed by atoms with Crippen molar-refractivity contribution in [2.24, 2.45) is 0 Å². The number of furan rings is 1. The van der Waals surface area contributed by atoms with Crippen LogP contribution in [0.1, 0.15) is 35.6 Å². The Morgan fingerprint density at radius 1 is 1.52 bits per heavy atom. The summed E-state index contributed by atoms with van der Waals surface area (Å²) >= 11 is 1.45. The van der Waals surface area contributed by atoms with Crippen LogP contribution in [-0.4, -0.2) is 40.1 Å². The molecule has 0 aliphatic heterocycles. The molecule has 0 saturated carbocycles. The Morgan fingerprint density at radius 2 is 2.29 bits per heavy atom. The summed E-state index contributed by atoms with van der Waals surface area (Å²) in [5.41, 5.74) is 0.470. The van der Waals surface area contributed by atoms with Crippen molar-refractivity contribution in [2.45, 2.75) is 33.2 Å². The standard InChI is InChI=1S/C15H20N2O3S/c1-10(2)17(7-5-8-18)15(19)13-11(3)21-14(16-13)12-6-4-9-20-12/h4,6,9-10,18H,5,7-8H2,1-3H3. The Hall–Kier alpha value is -1.66. The van der Waals surface area contributed by atoms with Crippen LogP contribution >= 0.6 is 11.3 Å². The SMILES string of the molecule is Cc1sc(-c2ccco2)nc1C(=O)N(CCCO)C(C)C. The highest BCUT2D eigenvalue weighted by Crippen LogP contribution is 2.28. The lowest BCUT2D eigenvalue weighted by atomic mass is 10.2. The van der Waals surface area contributed by atoms with Crippen LogP contribution in [0.2, 0.25) is 0 Å². The van der Waals surface area contributed by atoms with Gasteiger partial charge in [-0.05, 0) is 39.3 Å². The summed E-state index contributed by atoms with van der Waals surface area (Å²) in [6.45, 7) is 6.42. The molecule has 0 unspecified atom stereocenters. The lowest BCUT2D eigenvalue weighted by molar-refractivity contribution is 0.0687. The van der Waals surface area contributed by atoms with E-state index in [1.807, 2.05) is 26.8 Å². The van der Waals surface area contributed by atoms with Crippen molar-refractivity contribution in [3.8, 4) is 10.8 Å². The molecule has 0 bridgehead atoms. The molecule has 0 aromatic carbocycles. The average molecular weight is 308 g/mol. The smallest absolute Gasteiger partial charge is 0.273 e. The first-order valence-electron chi connectivity index (χ1n) is 6.97. The van der Waals surface area contributed by atoms with Crippen molar-refractivity contribution >= 4 is 17.2 Å². The zero-order chi connectivity index (χ0) is 15.4. The van der Waals surface area contributed by atoms with E-state index in [0.717, 1.165) is 4.88 Å². The molecule has 2 heterocycles. The van der Waals surface area contributed by atoms with Gasteiger partial charge in [0.05, 0.1) is 6.26 Å². The molecule has 21 heavy (non-hydrogen) atoms. The van der Waals surface area contributed by atoms with Crippen molar-refractivity contribution in [3.63, 3.8) is 0 Å². The molecule has 1 amide bonds. The number of aromatic nitrogens is 1. The number of carbonyl (C=O) groups is 1. The van der Waals surface area contributed by atoms with E-state index in [0.29, 0.717) is 29.4 Å². The number of aliphatic hydroxyl groups excluding tert-OH is 1. The maximum Gasteiger partial charge on any atom is 0.273 e. The van der Waals surface area contributed by atoms with Crippen molar-refractivity contribution in [3.05, 3.63) is 29.0 Å². The highest BCUT2D eigenvalue weighted by molar-refractivity contribution is 7.15. The first kappa shape index (κ1) is 15.7. The summed E-state index contributed by atoms with van der Waals surface area (Å²) in [5, 5.41) is 9.68. The minimum Gasteiger partial charge on any atom is -0.462 e. The molecule has 114 valence electrons. The van der Waals surface area contributed by atoms with Crippen LogP contribution in [0.4, 0.5) is 0 Å². The van der Waals surface area contributed by atoms with E-state index in [1.165, 1.54) is 11.3 Å². The molecule has 2 rings (SSSR count). The van der Waals surface area contributed by atoms with Gasteiger partial charge in [0.1, 0.15) is 5.69 Å². The third kappa shape index (κ3) is 3.51. The van der Waals surface area contributed by atoms with E-state index >= 15 is 0 Å². The average Bonchev–Trinajstić information content (AvgIpc) is 3.07. The first-order valence-corrected chi connectivity index (χ1v) is 7.79. The lowest BCUT2D eigenvalue weighted by Gasteiger charge is -2.26. The fourth-order valence-electron chi connectivity index (χ4n) is 2.07. The van der Waals surface area contributed by atoms with Crippen molar-refractivity contribution < 1.29 is 14.3 Å². The Balaban J connectivity index is 2.25. The van der Waals surface area contributed by atoms with Gasteiger partial charge in [-0.3, -0.25) is 4.79 Å². The fourth-order valence-corrected chi connectivity index (χ4v) is 2.95. The highest BCUT2D eigenvalue weighted by atomic mass is 32.1. The van der Waals surface area contributed by atoms with Gasteiger partial charge in [-0.15, -0.1) is 11.3 Å². The maximum atomic E-state index is 12.7. The number of aliphatic hydroxyl groups is 1. The molecule has 0 saturated heterocycles. The third-order valence-corrected chi connectivity index (χ3v) is 4.16. The van der Waals surface area contributed by atoms with Crippen LogP contribution in [0.5, 0.6) is 0 Å². The maximum absolute atomic E-state index is 12.7. The molecule has 5 nitrogen and oxygen atoms in total. The normalized spacial score (nSPS) is 11.1. The van der Waals surface area contributed by atoms with Gasteiger partial charge < -0.3 is 14.4 Å². The Bertz CT molecular complexity index is 590. The number of thiazole rings is 1. The van der Waals surface area contributed by atoms with Gasteiger partial charge in [-0.2, -0.15) is 0 Å². The van der Waals surface area contributed by atoms with Crippen molar-refractivity contribution in [1.29, 1.82) is 0 Å². The Kier molecular flexibility index (Phi) is 5.14. The van der Waals surface area contributed by atoms with Crippen LogP contribution in [0.3, 0.4) is 0 Å². The minimum atomic E-state index is -0.0926. The van der Waals surface area contributed by atoms with Gasteiger partial charge >= 0.3 is 0 Å². The molecular formula is C15H20N2O3S. The largest absolute Gasteiger partial charge is 0.462 e. The predicted molar refractivity (Wildman–Crippen MR) is 82.4 cm³/mol. The first-order chi connectivity index (χ1) is 10.0. The van der Waals surface area contributed by atoms with Crippen LogP contribution < -0.4 is 0 Å². The molecule has 6 heteroatoms. The van der Waals surface area contributed by atoms with Crippen molar-refractivity contribution in [2.75, 3.05) is 13.2 Å². The second kappa shape index (κ2) is 6.87. The molecule has 1 N–H and O–H groups in total. The lowest BCUT2D eigenvalue weighted by Crippen LogP contribution is -2.38. The Labute approximate surface area is 128 Å². The van der Waals surface area contributed by atoms with Crippen LogP contribution in [0.25, 0.3) is 10.8 Å². The summed E-state index contributed by atoms with van der Waals surface area (Å²) in [6.07, 6.45) is 2.16. The predicted octanol–water partition coefficient (Wildman–Crippen LogP) is 2.94. The minimum absolute atomic E-state index is 0.0669. The molecule has 2 aromatic rings. The van der Waals surface area contributed by atoms with Gasteiger partial charge in [0, 0.05) is 24.1 Å². The second-order valence-electron chi connectivity index (χ2n) is 5.07. The van der Waals surface area contributed by atoms with Crippen molar-refractivity contribution in [1.82, 2.24) is 9.88 Å². The third-order valence-electron chi connectivity index (χ3n) is 3.17. The fraction of sp³-hybridized carbons (Fsp3) is 0.467. The number of amides is 1. The molecule has 0 atom stereocenters. The van der Waals surface area contributed by atoms with Crippen LogP contribution in [-0.2, 0) is 0 Å². The van der Waals surface area contributed by atoms with Gasteiger partial charge in [0.15, 0.2) is 10.8 Å². The van der Waals surface area contributed by atoms with Gasteiger partial charge in [0.25, 0.3) is 5.91 Å². The molecular weight excluding hydrogens is 288 g/mol. The van der Waals surface area contributed by atoms with Gasteiger partial charge in [-0.1, -0.05) is 0 Å². The number of carbonyl (C=O) groups excluding carboxylic acids is 1. The summed E-state index contributed by atoms with van der Waals surface area (Å²) in [6, 6.07) is 3.70. The molecule has 0 aliphatic rings. The molecule has 0 aliphatic carbocycles.